The maximum absolute atomic E-state index is 12.8. The van der Waals surface area contributed by atoms with E-state index >= 15 is 0 Å². The van der Waals surface area contributed by atoms with E-state index in [0.29, 0.717) is 18.3 Å². The first-order valence-electron chi connectivity index (χ1n) is 10.2. The SMILES string of the molecule is CC1CCn2c(nc(-c3ccncc3)cc2=O)N1CC1CCc2ccccc2O1. The molecule has 5 rings (SSSR count). The van der Waals surface area contributed by atoms with Gasteiger partial charge in [-0.3, -0.25) is 14.3 Å². The zero-order valence-corrected chi connectivity index (χ0v) is 16.5. The summed E-state index contributed by atoms with van der Waals surface area (Å²) in [5.74, 6) is 1.72. The Hall–Kier alpha value is -3.15. The van der Waals surface area contributed by atoms with Crippen molar-refractivity contribution in [1.29, 1.82) is 0 Å². The number of rotatable bonds is 3. The second-order valence-corrected chi connectivity index (χ2v) is 7.84. The first-order valence-corrected chi connectivity index (χ1v) is 10.2. The zero-order valence-electron chi connectivity index (χ0n) is 16.5. The highest BCUT2D eigenvalue weighted by molar-refractivity contribution is 5.59. The van der Waals surface area contributed by atoms with Gasteiger partial charge in [-0.25, -0.2) is 4.98 Å². The number of anilines is 1. The highest BCUT2D eigenvalue weighted by atomic mass is 16.5. The van der Waals surface area contributed by atoms with Gasteiger partial charge in [-0.15, -0.1) is 0 Å². The fourth-order valence-corrected chi connectivity index (χ4v) is 4.25. The Morgan fingerprint density at radius 1 is 1.14 bits per heavy atom. The van der Waals surface area contributed by atoms with Crippen LogP contribution in [0.15, 0.2) is 59.7 Å². The summed E-state index contributed by atoms with van der Waals surface area (Å²) in [6.07, 6.45) is 6.44. The Morgan fingerprint density at radius 2 is 1.97 bits per heavy atom. The molecule has 2 aromatic heterocycles. The molecule has 2 unspecified atom stereocenters. The largest absolute Gasteiger partial charge is 0.488 e. The van der Waals surface area contributed by atoms with Crippen molar-refractivity contribution in [3.05, 3.63) is 70.8 Å². The van der Waals surface area contributed by atoms with Gasteiger partial charge in [-0.2, -0.15) is 0 Å². The summed E-state index contributed by atoms with van der Waals surface area (Å²) in [6, 6.07) is 13.9. The number of hydrogen-bond acceptors (Lipinski definition) is 5. The lowest BCUT2D eigenvalue weighted by molar-refractivity contribution is 0.173. The van der Waals surface area contributed by atoms with Crippen LogP contribution in [-0.4, -0.2) is 33.2 Å². The number of pyridine rings is 1. The minimum absolute atomic E-state index is 0.00591. The summed E-state index contributed by atoms with van der Waals surface area (Å²) in [7, 11) is 0. The monoisotopic (exact) mass is 388 g/mol. The van der Waals surface area contributed by atoms with Gasteiger partial charge in [0.2, 0.25) is 5.95 Å². The van der Waals surface area contributed by atoms with Crippen LogP contribution in [0, 0.1) is 0 Å². The van der Waals surface area contributed by atoms with Crippen LogP contribution in [0.5, 0.6) is 5.75 Å². The lowest BCUT2D eigenvalue weighted by atomic mass is 10.0. The third-order valence-corrected chi connectivity index (χ3v) is 5.93. The average molecular weight is 388 g/mol. The van der Waals surface area contributed by atoms with Gasteiger partial charge in [0.1, 0.15) is 11.9 Å². The third kappa shape index (κ3) is 3.39. The fourth-order valence-electron chi connectivity index (χ4n) is 4.25. The minimum Gasteiger partial charge on any atom is -0.488 e. The molecule has 0 N–H and O–H groups in total. The van der Waals surface area contributed by atoms with Gasteiger partial charge >= 0.3 is 0 Å². The molecule has 2 aliphatic rings. The van der Waals surface area contributed by atoms with Crippen molar-refractivity contribution in [2.45, 2.75) is 44.9 Å². The molecule has 2 atom stereocenters. The topological polar surface area (TPSA) is 60.2 Å². The lowest BCUT2D eigenvalue weighted by Gasteiger charge is -2.39. The van der Waals surface area contributed by atoms with E-state index in [9.17, 15) is 4.79 Å². The molecule has 0 radical (unpaired) electrons. The molecule has 6 nitrogen and oxygen atoms in total. The van der Waals surface area contributed by atoms with E-state index < -0.39 is 0 Å². The van der Waals surface area contributed by atoms with Crippen LogP contribution in [-0.2, 0) is 13.0 Å². The molecule has 0 bridgehead atoms. The average Bonchev–Trinajstić information content (AvgIpc) is 2.76. The molecule has 0 fully saturated rings. The summed E-state index contributed by atoms with van der Waals surface area (Å²) in [5, 5.41) is 0. The summed E-state index contributed by atoms with van der Waals surface area (Å²) >= 11 is 0. The van der Waals surface area contributed by atoms with Crippen molar-refractivity contribution in [2.75, 3.05) is 11.4 Å². The van der Waals surface area contributed by atoms with Gasteiger partial charge in [0.25, 0.3) is 5.56 Å². The van der Waals surface area contributed by atoms with Gasteiger partial charge < -0.3 is 9.64 Å². The second kappa shape index (κ2) is 7.35. The van der Waals surface area contributed by atoms with E-state index in [1.165, 1.54) is 5.56 Å². The first kappa shape index (κ1) is 17.9. The van der Waals surface area contributed by atoms with Gasteiger partial charge in [0.15, 0.2) is 0 Å². The summed E-state index contributed by atoms with van der Waals surface area (Å²) < 4.78 is 8.07. The van der Waals surface area contributed by atoms with E-state index in [-0.39, 0.29) is 11.7 Å². The molecular formula is C23H24N4O2. The molecule has 4 heterocycles. The predicted octanol–water partition coefficient (Wildman–Crippen LogP) is 3.30. The van der Waals surface area contributed by atoms with Crippen molar-refractivity contribution < 1.29 is 4.74 Å². The smallest absolute Gasteiger partial charge is 0.255 e. The molecule has 29 heavy (non-hydrogen) atoms. The Balaban J connectivity index is 1.47. The van der Waals surface area contributed by atoms with Crippen LogP contribution in [0.3, 0.4) is 0 Å². The molecule has 2 aliphatic heterocycles. The molecule has 0 amide bonds. The third-order valence-electron chi connectivity index (χ3n) is 5.93. The highest BCUT2D eigenvalue weighted by Gasteiger charge is 2.30. The summed E-state index contributed by atoms with van der Waals surface area (Å²) in [4.78, 5) is 24.0. The molecule has 0 aliphatic carbocycles. The summed E-state index contributed by atoms with van der Waals surface area (Å²) in [6.45, 7) is 3.62. The standard InChI is InChI=1S/C23H24N4O2/c1-16-10-13-26-22(28)14-20(17-8-11-24-12-9-17)25-23(26)27(16)15-19-7-6-18-4-2-3-5-21(18)29-19/h2-5,8-9,11-12,14,16,19H,6-7,10,13,15H2,1H3. The normalized spacial score (nSPS) is 20.5. The minimum atomic E-state index is -0.00591. The Labute approximate surface area is 169 Å². The zero-order chi connectivity index (χ0) is 19.8. The van der Waals surface area contributed by atoms with E-state index in [1.54, 1.807) is 23.0 Å². The summed E-state index contributed by atoms with van der Waals surface area (Å²) in [5.41, 5.74) is 2.86. The molecule has 6 heteroatoms. The number of nitrogens with zero attached hydrogens (tertiary/aromatic N) is 4. The van der Waals surface area contributed by atoms with Gasteiger partial charge in [0.05, 0.1) is 12.2 Å². The van der Waals surface area contributed by atoms with Gasteiger partial charge in [-0.1, -0.05) is 18.2 Å². The predicted molar refractivity (Wildman–Crippen MR) is 112 cm³/mol. The van der Waals surface area contributed by atoms with E-state index in [2.05, 4.69) is 28.9 Å². The van der Waals surface area contributed by atoms with Crippen molar-refractivity contribution in [3.8, 4) is 17.0 Å². The van der Waals surface area contributed by atoms with Crippen LogP contribution in [0.2, 0.25) is 0 Å². The lowest BCUT2D eigenvalue weighted by Crippen LogP contribution is -2.48. The van der Waals surface area contributed by atoms with E-state index in [0.717, 1.165) is 43.1 Å². The van der Waals surface area contributed by atoms with Crippen LogP contribution in [0.4, 0.5) is 5.95 Å². The molecule has 148 valence electrons. The number of para-hydroxylation sites is 1. The van der Waals surface area contributed by atoms with Crippen LogP contribution >= 0.6 is 0 Å². The number of aryl methyl sites for hydroxylation is 1. The number of aromatic nitrogens is 3. The van der Waals surface area contributed by atoms with Crippen LogP contribution < -0.4 is 15.2 Å². The molecular weight excluding hydrogens is 364 g/mol. The molecule has 1 aromatic carbocycles. The van der Waals surface area contributed by atoms with E-state index in [4.69, 9.17) is 9.72 Å². The maximum atomic E-state index is 12.8. The Morgan fingerprint density at radius 3 is 2.83 bits per heavy atom. The molecule has 3 aromatic rings. The number of hydrogen-bond donors (Lipinski definition) is 0. The second-order valence-electron chi connectivity index (χ2n) is 7.84. The Kier molecular flexibility index (Phi) is 4.54. The molecule has 0 spiro atoms. The number of ether oxygens (including phenoxy) is 1. The van der Waals surface area contributed by atoms with Gasteiger partial charge in [-0.05, 0) is 49.9 Å². The van der Waals surface area contributed by atoms with Crippen LogP contribution in [0.25, 0.3) is 11.3 Å². The van der Waals surface area contributed by atoms with Crippen molar-refractivity contribution >= 4 is 5.95 Å². The number of benzene rings is 1. The molecule has 0 saturated carbocycles. The highest BCUT2D eigenvalue weighted by Crippen LogP contribution is 2.30. The van der Waals surface area contributed by atoms with Crippen molar-refractivity contribution in [2.24, 2.45) is 0 Å². The van der Waals surface area contributed by atoms with E-state index in [1.807, 2.05) is 24.3 Å². The quantitative estimate of drug-likeness (QED) is 0.689. The molecule has 0 saturated heterocycles. The van der Waals surface area contributed by atoms with Crippen LogP contribution in [0.1, 0.15) is 25.3 Å². The number of fused-ring (bicyclic) bond motifs is 2. The van der Waals surface area contributed by atoms with Gasteiger partial charge in [0, 0.05) is 36.6 Å². The first-order chi connectivity index (χ1) is 14.2. The van der Waals surface area contributed by atoms with Crippen molar-refractivity contribution in [1.82, 2.24) is 14.5 Å². The fraction of sp³-hybridized carbons (Fsp3) is 0.348. The maximum Gasteiger partial charge on any atom is 0.255 e. The Bertz CT molecular complexity index is 1080. The van der Waals surface area contributed by atoms with Crippen molar-refractivity contribution in [3.63, 3.8) is 0 Å².